The Bertz CT molecular complexity index is 765. The van der Waals surface area contributed by atoms with Gasteiger partial charge in [0.15, 0.2) is 0 Å². The predicted molar refractivity (Wildman–Crippen MR) is 108 cm³/mol. The molecule has 0 saturated carbocycles. The molecule has 1 aliphatic heterocycles. The largest absolute Gasteiger partial charge is 0.444 e. The van der Waals surface area contributed by atoms with Crippen molar-refractivity contribution in [3.8, 4) is 12.1 Å². The molecule has 0 radical (unpaired) electrons. The van der Waals surface area contributed by atoms with Gasteiger partial charge < -0.3 is 20.3 Å². The van der Waals surface area contributed by atoms with Crippen molar-refractivity contribution in [2.45, 2.75) is 51.7 Å². The molecule has 1 fully saturated rings. The highest BCUT2D eigenvalue weighted by atomic mass is 16.6. The van der Waals surface area contributed by atoms with Crippen molar-refractivity contribution in [3.05, 3.63) is 36.0 Å². The molecule has 0 aliphatic carbocycles. The number of benzene rings is 1. The Balaban J connectivity index is 1.93. The fraction of sp³-hybridized carbons (Fsp3) is 0.476. The quantitative estimate of drug-likeness (QED) is 0.740. The molecule has 1 amide bonds. The van der Waals surface area contributed by atoms with Crippen LogP contribution in [-0.4, -0.2) is 35.7 Å². The zero-order chi connectivity index (χ0) is 20.6. The Hall–Kier alpha value is -3.19. The van der Waals surface area contributed by atoms with Crippen molar-refractivity contribution in [3.63, 3.8) is 0 Å². The van der Waals surface area contributed by atoms with E-state index in [2.05, 4.69) is 10.6 Å². The van der Waals surface area contributed by atoms with E-state index in [1.54, 1.807) is 12.1 Å². The lowest BCUT2D eigenvalue weighted by atomic mass is 10.0. The van der Waals surface area contributed by atoms with E-state index in [0.717, 1.165) is 37.2 Å². The Labute approximate surface area is 166 Å². The first-order chi connectivity index (χ1) is 13.3. The monoisotopic (exact) mass is 381 g/mol. The van der Waals surface area contributed by atoms with Crippen LogP contribution < -0.4 is 10.6 Å². The summed E-state index contributed by atoms with van der Waals surface area (Å²) in [5, 5.41) is 23.8. The number of rotatable bonds is 5. The third kappa shape index (κ3) is 6.51. The number of piperidine rings is 1. The summed E-state index contributed by atoms with van der Waals surface area (Å²) in [5.74, 6) is 0. The second kappa shape index (κ2) is 9.66. The number of carbonyl (C=O) groups is 1. The molecule has 1 atom stereocenters. The standard InChI is InChI=1S/C21H27N5O2/c1-21(2,3)28-20(27)26-11-5-4-6-19(26)15-25-18-9-7-17(8-10-18)24-14-16(12-22)13-23/h7-10,14,19,24-25H,4-6,11,15H2,1-3H3. The summed E-state index contributed by atoms with van der Waals surface area (Å²) in [4.78, 5) is 14.3. The number of carbonyl (C=O) groups excluding carboxylic acids is 1. The Kier molecular flexibility index (Phi) is 7.28. The zero-order valence-electron chi connectivity index (χ0n) is 16.7. The second-order valence-electron chi connectivity index (χ2n) is 7.71. The minimum Gasteiger partial charge on any atom is -0.444 e. The van der Waals surface area contributed by atoms with E-state index in [-0.39, 0.29) is 17.7 Å². The first-order valence-electron chi connectivity index (χ1n) is 9.43. The number of amides is 1. The van der Waals surface area contributed by atoms with Gasteiger partial charge in [0.1, 0.15) is 23.3 Å². The minimum absolute atomic E-state index is 0.0155. The second-order valence-corrected chi connectivity index (χ2v) is 7.71. The number of anilines is 2. The van der Waals surface area contributed by atoms with Gasteiger partial charge in [0, 0.05) is 30.7 Å². The molecular formula is C21H27N5O2. The number of likely N-dealkylation sites (tertiary alicyclic amines) is 1. The highest BCUT2D eigenvalue weighted by Crippen LogP contribution is 2.21. The van der Waals surface area contributed by atoms with Crippen LogP contribution in [0.15, 0.2) is 36.0 Å². The molecule has 7 heteroatoms. The zero-order valence-corrected chi connectivity index (χ0v) is 16.7. The molecule has 1 unspecified atom stereocenters. The van der Waals surface area contributed by atoms with Crippen molar-refractivity contribution < 1.29 is 9.53 Å². The topological polar surface area (TPSA) is 101 Å². The first kappa shape index (κ1) is 21.1. The van der Waals surface area contributed by atoms with Gasteiger partial charge >= 0.3 is 6.09 Å². The van der Waals surface area contributed by atoms with Gasteiger partial charge in [-0.05, 0) is 64.3 Å². The van der Waals surface area contributed by atoms with Crippen molar-refractivity contribution in [1.29, 1.82) is 10.5 Å². The predicted octanol–water partition coefficient (Wildman–Crippen LogP) is 4.23. The first-order valence-corrected chi connectivity index (χ1v) is 9.43. The molecule has 0 aromatic heterocycles. The average molecular weight is 381 g/mol. The minimum atomic E-state index is -0.499. The SMILES string of the molecule is CC(C)(C)OC(=O)N1CCCCC1CNc1ccc(NC=C(C#N)C#N)cc1. The normalized spacial score (nSPS) is 16.3. The molecule has 0 spiro atoms. The van der Waals surface area contributed by atoms with Crippen LogP contribution in [0.1, 0.15) is 40.0 Å². The number of allylic oxidation sites excluding steroid dienone is 1. The van der Waals surface area contributed by atoms with Crippen LogP contribution in [0.5, 0.6) is 0 Å². The number of hydrogen-bond donors (Lipinski definition) is 2. The van der Waals surface area contributed by atoms with Crippen molar-refractivity contribution in [1.82, 2.24) is 4.90 Å². The van der Waals surface area contributed by atoms with Gasteiger partial charge in [-0.2, -0.15) is 10.5 Å². The summed E-state index contributed by atoms with van der Waals surface area (Å²) >= 11 is 0. The molecule has 148 valence electrons. The van der Waals surface area contributed by atoms with Crippen LogP contribution in [0, 0.1) is 22.7 Å². The summed E-state index contributed by atoms with van der Waals surface area (Å²) in [5.41, 5.74) is 1.23. The maximum atomic E-state index is 12.5. The number of hydrogen-bond acceptors (Lipinski definition) is 6. The molecule has 7 nitrogen and oxygen atoms in total. The molecule has 1 aliphatic rings. The molecular weight excluding hydrogens is 354 g/mol. The summed E-state index contributed by atoms with van der Waals surface area (Å²) in [7, 11) is 0. The van der Waals surface area contributed by atoms with Crippen LogP contribution in [0.2, 0.25) is 0 Å². The van der Waals surface area contributed by atoms with Gasteiger partial charge in [-0.1, -0.05) is 0 Å². The molecule has 0 bridgehead atoms. The Morgan fingerprint density at radius 3 is 2.46 bits per heavy atom. The van der Waals surface area contributed by atoms with E-state index in [1.807, 2.05) is 49.9 Å². The maximum Gasteiger partial charge on any atom is 0.410 e. The highest BCUT2D eigenvalue weighted by molar-refractivity contribution is 5.69. The van der Waals surface area contributed by atoms with Crippen LogP contribution in [0.3, 0.4) is 0 Å². The van der Waals surface area contributed by atoms with Crippen LogP contribution in [0.4, 0.5) is 16.2 Å². The molecule has 1 saturated heterocycles. The highest BCUT2D eigenvalue weighted by Gasteiger charge is 2.30. The van der Waals surface area contributed by atoms with E-state index in [1.165, 1.54) is 6.20 Å². The summed E-state index contributed by atoms with van der Waals surface area (Å²) < 4.78 is 5.54. The van der Waals surface area contributed by atoms with Crippen LogP contribution in [0.25, 0.3) is 0 Å². The van der Waals surface area contributed by atoms with Crippen molar-refractivity contribution in [2.75, 3.05) is 23.7 Å². The number of nitriles is 2. The lowest BCUT2D eigenvalue weighted by molar-refractivity contribution is 0.0114. The van der Waals surface area contributed by atoms with Gasteiger partial charge in [0.05, 0.1) is 6.04 Å². The van der Waals surface area contributed by atoms with E-state index in [9.17, 15) is 4.79 Å². The third-order valence-corrected chi connectivity index (χ3v) is 4.31. The van der Waals surface area contributed by atoms with Gasteiger partial charge in [0.25, 0.3) is 0 Å². The fourth-order valence-corrected chi connectivity index (χ4v) is 2.94. The summed E-state index contributed by atoms with van der Waals surface area (Å²) in [6, 6.07) is 11.2. The molecule has 1 heterocycles. The molecule has 1 aromatic rings. The smallest absolute Gasteiger partial charge is 0.410 e. The van der Waals surface area contributed by atoms with E-state index in [4.69, 9.17) is 15.3 Å². The number of nitrogens with zero attached hydrogens (tertiary/aromatic N) is 3. The lowest BCUT2D eigenvalue weighted by Crippen LogP contribution is -2.48. The summed E-state index contributed by atoms with van der Waals surface area (Å²) in [6.45, 7) is 7.00. The molecule has 2 rings (SSSR count). The molecule has 2 N–H and O–H groups in total. The van der Waals surface area contributed by atoms with E-state index >= 15 is 0 Å². The third-order valence-electron chi connectivity index (χ3n) is 4.31. The lowest BCUT2D eigenvalue weighted by Gasteiger charge is -2.37. The molecule has 1 aromatic carbocycles. The van der Waals surface area contributed by atoms with Crippen molar-refractivity contribution >= 4 is 17.5 Å². The Morgan fingerprint density at radius 1 is 1.21 bits per heavy atom. The summed E-state index contributed by atoms with van der Waals surface area (Å²) in [6.07, 6.45) is 4.17. The number of ether oxygens (including phenoxy) is 1. The van der Waals surface area contributed by atoms with Gasteiger partial charge in [0.2, 0.25) is 0 Å². The molecule has 28 heavy (non-hydrogen) atoms. The van der Waals surface area contributed by atoms with Gasteiger partial charge in [-0.15, -0.1) is 0 Å². The van der Waals surface area contributed by atoms with E-state index < -0.39 is 5.60 Å². The average Bonchev–Trinajstić information content (AvgIpc) is 2.67. The van der Waals surface area contributed by atoms with Crippen molar-refractivity contribution in [2.24, 2.45) is 0 Å². The van der Waals surface area contributed by atoms with E-state index in [0.29, 0.717) is 6.54 Å². The van der Waals surface area contributed by atoms with Crippen LogP contribution >= 0.6 is 0 Å². The Morgan fingerprint density at radius 2 is 1.86 bits per heavy atom. The fourth-order valence-electron chi connectivity index (χ4n) is 2.94. The van der Waals surface area contributed by atoms with Gasteiger partial charge in [-0.25, -0.2) is 4.79 Å². The number of nitrogens with one attached hydrogen (secondary N) is 2. The van der Waals surface area contributed by atoms with Crippen LogP contribution in [-0.2, 0) is 4.74 Å². The maximum absolute atomic E-state index is 12.5. The van der Waals surface area contributed by atoms with Gasteiger partial charge in [-0.3, -0.25) is 0 Å².